The zero-order valence-corrected chi connectivity index (χ0v) is 22.7. The third-order valence-electron chi connectivity index (χ3n) is 5.87. The zero-order valence-electron chi connectivity index (χ0n) is 21.9. The molecule has 1 amide bonds. The van der Waals surface area contributed by atoms with E-state index in [0.717, 1.165) is 46.1 Å². The molecule has 0 N–H and O–H groups in total. The van der Waals surface area contributed by atoms with E-state index in [1.54, 1.807) is 23.4 Å². The molecule has 0 heterocycles. The SMILES string of the molecule is COc1cc(C)c(S(=O)N(C)CCC(=O)N(C)Cc2ccc(N(C)CCN(C)C)cc2)c(C)c1. The minimum absolute atomic E-state index is 0.0270. The first kappa shape index (κ1) is 27.8. The number of carbonyl (C=O) groups is 1. The van der Waals surface area contributed by atoms with Gasteiger partial charge in [-0.15, -0.1) is 0 Å². The van der Waals surface area contributed by atoms with E-state index in [0.29, 0.717) is 19.5 Å². The zero-order chi connectivity index (χ0) is 25.4. The highest BCUT2D eigenvalue weighted by Gasteiger charge is 2.19. The maximum atomic E-state index is 13.1. The smallest absolute Gasteiger partial charge is 0.223 e. The van der Waals surface area contributed by atoms with Crippen molar-refractivity contribution >= 4 is 22.6 Å². The third kappa shape index (κ3) is 7.82. The molecule has 0 aliphatic heterocycles. The lowest BCUT2D eigenvalue weighted by molar-refractivity contribution is -0.130. The van der Waals surface area contributed by atoms with Gasteiger partial charge in [0.25, 0.3) is 0 Å². The summed E-state index contributed by atoms with van der Waals surface area (Å²) in [6.07, 6.45) is 0.304. The van der Waals surface area contributed by atoms with Crippen molar-refractivity contribution in [3.05, 3.63) is 53.1 Å². The molecule has 188 valence electrons. The molecule has 0 radical (unpaired) electrons. The molecule has 0 aliphatic carbocycles. The van der Waals surface area contributed by atoms with Crippen LogP contribution in [-0.2, 0) is 22.3 Å². The first-order chi connectivity index (χ1) is 16.0. The van der Waals surface area contributed by atoms with Crippen LogP contribution in [0.1, 0.15) is 23.1 Å². The molecule has 0 spiro atoms. The summed E-state index contributed by atoms with van der Waals surface area (Å²) in [5.41, 5.74) is 4.08. The lowest BCUT2D eigenvalue weighted by atomic mass is 10.1. The first-order valence-corrected chi connectivity index (χ1v) is 12.6. The Balaban J connectivity index is 1.89. The summed E-state index contributed by atoms with van der Waals surface area (Å²) in [6.45, 7) is 6.77. The number of likely N-dealkylation sites (N-methyl/N-ethyl adjacent to an activating group) is 2. The highest BCUT2D eigenvalue weighted by atomic mass is 32.2. The van der Waals surface area contributed by atoms with Gasteiger partial charge in [-0.3, -0.25) is 4.79 Å². The number of nitrogens with zero attached hydrogens (tertiary/aromatic N) is 4. The Morgan fingerprint density at radius 1 is 0.912 bits per heavy atom. The minimum atomic E-state index is -1.34. The van der Waals surface area contributed by atoms with Crippen molar-refractivity contribution in [2.45, 2.75) is 31.7 Å². The van der Waals surface area contributed by atoms with Crippen molar-refractivity contribution in [1.82, 2.24) is 14.1 Å². The normalized spacial score (nSPS) is 12.2. The maximum Gasteiger partial charge on any atom is 0.223 e. The van der Waals surface area contributed by atoms with Gasteiger partial charge >= 0.3 is 0 Å². The summed E-state index contributed by atoms with van der Waals surface area (Å²) in [4.78, 5) is 19.6. The Kier molecular flexibility index (Phi) is 10.5. The van der Waals surface area contributed by atoms with Crippen LogP contribution in [0.3, 0.4) is 0 Å². The highest BCUT2D eigenvalue weighted by Crippen LogP contribution is 2.25. The number of hydrogen-bond donors (Lipinski definition) is 0. The molecule has 2 aromatic carbocycles. The number of aryl methyl sites for hydroxylation is 2. The largest absolute Gasteiger partial charge is 0.497 e. The molecule has 0 aliphatic rings. The fourth-order valence-electron chi connectivity index (χ4n) is 3.68. The third-order valence-corrected chi connectivity index (χ3v) is 7.61. The topological polar surface area (TPSA) is 56.3 Å². The molecule has 0 aromatic heterocycles. The van der Waals surface area contributed by atoms with E-state index in [1.807, 2.05) is 33.0 Å². The van der Waals surface area contributed by atoms with Crippen molar-refractivity contribution in [3.8, 4) is 5.75 Å². The van der Waals surface area contributed by atoms with Gasteiger partial charge in [-0.25, -0.2) is 8.51 Å². The van der Waals surface area contributed by atoms with Gasteiger partial charge in [0.15, 0.2) is 0 Å². The van der Waals surface area contributed by atoms with Crippen molar-refractivity contribution in [2.24, 2.45) is 0 Å². The summed E-state index contributed by atoms with van der Waals surface area (Å²) < 4.78 is 20.1. The Bertz CT molecular complexity index is 956. The highest BCUT2D eigenvalue weighted by molar-refractivity contribution is 7.82. The van der Waals surface area contributed by atoms with E-state index in [4.69, 9.17) is 4.74 Å². The predicted octanol–water partition coefficient (Wildman–Crippen LogP) is 3.31. The summed E-state index contributed by atoms with van der Waals surface area (Å²) in [5, 5.41) is 0. The molecular weight excluding hydrogens is 448 g/mol. The molecule has 0 saturated heterocycles. The number of rotatable bonds is 12. The van der Waals surface area contributed by atoms with Crippen LogP contribution in [0.25, 0.3) is 0 Å². The number of methoxy groups -OCH3 is 1. The molecule has 2 aromatic rings. The number of amides is 1. The predicted molar refractivity (Wildman–Crippen MR) is 141 cm³/mol. The van der Waals surface area contributed by atoms with Gasteiger partial charge < -0.3 is 19.4 Å². The number of ether oxygens (including phenoxy) is 1. The monoisotopic (exact) mass is 488 g/mol. The van der Waals surface area contributed by atoms with E-state index in [1.165, 1.54) is 0 Å². The van der Waals surface area contributed by atoms with E-state index in [9.17, 15) is 9.00 Å². The second-order valence-corrected chi connectivity index (χ2v) is 10.6. The minimum Gasteiger partial charge on any atom is -0.497 e. The lowest BCUT2D eigenvalue weighted by Crippen LogP contribution is -2.31. The van der Waals surface area contributed by atoms with E-state index >= 15 is 0 Å². The van der Waals surface area contributed by atoms with Crippen LogP contribution in [-0.4, -0.2) is 86.2 Å². The second-order valence-electron chi connectivity index (χ2n) is 9.08. The summed E-state index contributed by atoms with van der Waals surface area (Å²) >= 11 is 0. The molecule has 0 fully saturated rings. The lowest BCUT2D eigenvalue weighted by Gasteiger charge is -2.23. The summed E-state index contributed by atoms with van der Waals surface area (Å²) in [5.74, 6) is 0.780. The number of anilines is 1. The fourth-order valence-corrected chi connectivity index (χ4v) is 4.92. The van der Waals surface area contributed by atoms with Crippen LogP contribution in [0.2, 0.25) is 0 Å². The van der Waals surface area contributed by atoms with Gasteiger partial charge in [-0.05, 0) is 68.9 Å². The van der Waals surface area contributed by atoms with E-state index in [2.05, 4.69) is 55.2 Å². The molecule has 2 rings (SSSR count). The van der Waals surface area contributed by atoms with Crippen LogP contribution >= 0.6 is 0 Å². The van der Waals surface area contributed by atoms with Gasteiger partial charge in [0, 0.05) is 59.4 Å². The number of benzene rings is 2. The number of carbonyl (C=O) groups excluding carboxylic acids is 1. The van der Waals surface area contributed by atoms with Gasteiger partial charge in [-0.2, -0.15) is 0 Å². The Morgan fingerprint density at radius 3 is 2.03 bits per heavy atom. The van der Waals surface area contributed by atoms with Gasteiger partial charge in [0.05, 0.1) is 12.0 Å². The molecule has 8 heteroatoms. The first-order valence-electron chi connectivity index (χ1n) is 11.5. The molecule has 0 bridgehead atoms. The number of hydrogen-bond acceptors (Lipinski definition) is 5. The van der Waals surface area contributed by atoms with E-state index in [-0.39, 0.29) is 5.91 Å². The summed E-state index contributed by atoms with van der Waals surface area (Å²) in [7, 11) is 10.1. The Morgan fingerprint density at radius 2 is 1.50 bits per heavy atom. The molecule has 34 heavy (non-hydrogen) atoms. The molecule has 1 unspecified atom stereocenters. The van der Waals surface area contributed by atoms with Gasteiger partial charge in [0.2, 0.25) is 5.91 Å². The second kappa shape index (κ2) is 12.9. The van der Waals surface area contributed by atoms with Crippen molar-refractivity contribution < 1.29 is 13.7 Å². The van der Waals surface area contributed by atoms with Crippen LogP contribution in [0.5, 0.6) is 5.75 Å². The van der Waals surface area contributed by atoms with Gasteiger partial charge in [0.1, 0.15) is 16.7 Å². The van der Waals surface area contributed by atoms with Crippen LogP contribution in [0.15, 0.2) is 41.3 Å². The van der Waals surface area contributed by atoms with Crippen molar-refractivity contribution in [3.63, 3.8) is 0 Å². The Labute approximate surface area is 207 Å². The molecule has 1 atom stereocenters. The van der Waals surface area contributed by atoms with Crippen LogP contribution in [0, 0.1) is 13.8 Å². The molecular formula is C26H40N4O3S. The average Bonchev–Trinajstić information content (AvgIpc) is 2.80. The standard InChI is InChI=1S/C26H40N4O3S/c1-20-17-24(33-8)18-21(2)26(20)34(32)30(7)14-13-25(31)29(6)19-22-9-11-23(12-10-22)28(5)16-15-27(3)4/h9-12,17-18H,13-16,19H2,1-8H3. The van der Waals surface area contributed by atoms with Crippen LogP contribution in [0.4, 0.5) is 5.69 Å². The molecule has 7 nitrogen and oxygen atoms in total. The maximum absolute atomic E-state index is 13.1. The Hall–Kier alpha value is -2.42. The van der Waals surface area contributed by atoms with Crippen molar-refractivity contribution in [1.29, 1.82) is 0 Å². The average molecular weight is 489 g/mol. The van der Waals surface area contributed by atoms with E-state index < -0.39 is 11.0 Å². The van der Waals surface area contributed by atoms with Crippen LogP contribution < -0.4 is 9.64 Å². The molecule has 0 saturated carbocycles. The van der Waals surface area contributed by atoms with Gasteiger partial charge in [-0.1, -0.05) is 12.1 Å². The van der Waals surface area contributed by atoms with Crippen molar-refractivity contribution in [2.75, 3.05) is 66.9 Å². The quantitative estimate of drug-likeness (QED) is 0.459. The summed E-state index contributed by atoms with van der Waals surface area (Å²) in [6, 6.07) is 12.1. The fraction of sp³-hybridized carbons (Fsp3) is 0.500.